The maximum atomic E-state index is 10.5. The SMILES string of the molecule is CNC(=O)OCCN(C)C(=O)Cl. The molecule has 70 valence electrons. The smallest absolute Gasteiger partial charge is 0.406 e. The summed E-state index contributed by atoms with van der Waals surface area (Å²) in [6.45, 7) is 0.421. The average molecular weight is 195 g/mol. The summed E-state index contributed by atoms with van der Waals surface area (Å²) in [6, 6.07) is 0. The predicted octanol–water partition coefficient (Wildman–Crippen LogP) is 0.633. The number of carbonyl (C=O) groups is 2. The molecule has 0 aliphatic carbocycles. The van der Waals surface area contributed by atoms with Crippen molar-refractivity contribution in [3.63, 3.8) is 0 Å². The number of hydrogen-bond donors (Lipinski definition) is 1. The minimum Gasteiger partial charge on any atom is -0.448 e. The van der Waals surface area contributed by atoms with Gasteiger partial charge in [-0.2, -0.15) is 0 Å². The molecule has 2 amide bonds. The van der Waals surface area contributed by atoms with Crippen molar-refractivity contribution in [1.29, 1.82) is 0 Å². The molecule has 5 nitrogen and oxygen atoms in total. The van der Waals surface area contributed by atoms with Crippen LogP contribution in [0.3, 0.4) is 0 Å². The topological polar surface area (TPSA) is 58.6 Å². The fourth-order valence-corrected chi connectivity index (χ4v) is 0.520. The first-order chi connectivity index (χ1) is 5.57. The van der Waals surface area contributed by atoms with Crippen molar-refractivity contribution in [1.82, 2.24) is 10.2 Å². The molecule has 0 atom stereocenters. The molecule has 0 aromatic heterocycles. The van der Waals surface area contributed by atoms with E-state index in [0.29, 0.717) is 0 Å². The van der Waals surface area contributed by atoms with Gasteiger partial charge in [-0.05, 0) is 11.6 Å². The van der Waals surface area contributed by atoms with Crippen LogP contribution in [0.2, 0.25) is 0 Å². The standard InChI is InChI=1S/C6H11ClN2O3/c1-8-6(11)12-4-3-9(2)5(7)10/h3-4H2,1-2H3,(H,8,11). The second kappa shape index (κ2) is 5.65. The third kappa shape index (κ3) is 4.79. The second-order valence-electron chi connectivity index (χ2n) is 2.06. The van der Waals surface area contributed by atoms with Gasteiger partial charge in [0, 0.05) is 14.1 Å². The first kappa shape index (κ1) is 11.0. The van der Waals surface area contributed by atoms with E-state index < -0.39 is 11.5 Å². The van der Waals surface area contributed by atoms with Gasteiger partial charge >= 0.3 is 11.5 Å². The normalized spacial score (nSPS) is 8.92. The summed E-state index contributed by atoms with van der Waals surface area (Å²) < 4.78 is 4.61. The summed E-state index contributed by atoms with van der Waals surface area (Å²) in [4.78, 5) is 22.2. The maximum absolute atomic E-state index is 10.5. The van der Waals surface area contributed by atoms with Gasteiger partial charge in [-0.15, -0.1) is 0 Å². The monoisotopic (exact) mass is 194 g/mol. The van der Waals surface area contributed by atoms with Crippen molar-refractivity contribution in [2.24, 2.45) is 0 Å². The van der Waals surface area contributed by atoms with E-state index in [9.17, 15) is 9.59 Å². The Bertz CT molecular complexity index is 174. The number of amides is 2. The molecule has 0 saturated heterocycles. The van der Waals surface area contributed by atoms with Gasteiger partial charge in [0.05, 0.1) is 6.54 Å². The van der Waals surface area contributed by atoms with Crippen molar-refractivity contribution in [2.45, 2.75) is 0 Å². The third-order valence-corrected chi connectivity index (χ3v) is 1.45. The number of rotatable bonds is 3. The van der Waals surface area contributed by atoms with Gasteiger partial charge in [-0.3, -0.25) is 4.79 Å². The largest absolute Gasteiger partial charge is 0.448 e. The molecule has 0 saturated carbocycles. The Labute approximate surface area is 75.6 Å². The van der Waals surface area contributed by atoms with Crippen LogP contribution in [-0.4, -0.2) is 43.6 Å². The van der Waals surface area contributed by atoms with E-state index in [1.165, 1.54) is 19.0 Å². The molecule has 0 fully saturated rings. The molecule has 0 bridgehead atoms. The molecule has 0 aromatic rings. The highest BCUT2D eigenvalue weighted by Gasteiger charge is 2.04. The van der Waals surface area contributed by atoms with E-state index in [1.54, 1.807) is 0 Å². The molecule has 12 heavy (non-hydrogen) atoms. The zero-order valence-corrected chi connectivity index (χ0v) is 7.72. The van der Waals surface area contributed by atoms with Crippen LogP contribution in [-0.2, 0) is 4.74 Å². The first-order valence-corrected chi connectivity index (χ1v) is 3.71. The maximum Gasteiger partial charge on any atom is 0.406 e. The molecule has 0 rings (SSSR count). The number of nitrogens with zero attached hydrogens (tertiary/aromatic N) is 1. The van der Waals surface area contributed by atoms with Crippen LogP contribution in [0, 0.1) is 0 Å². The van der Waals surface area contributed by atoms with Crippen molar-refractivity contribution in [3.05, 3.63) is 0 Å². The van der Waals surface area contributed by atoms with E-state index >= 15 is 0 Å². The predicted molar refractivity (Wildman–Crippen MR) is 44.3 cm³/mol. The number of halogens is 1. The van der Waals surface area contributed by atoms with E-state index in [1.807, 2.05) is 0 Å². The molecule has 0 aromatic carbocycles. The molecule has 0 unspecified atom stereocenters. The summed E-state index contributed by atoms with van der Waals surface area (Å²) in [5.74, 6) is 0. The van der Waals surface area contributed by atoms with E-state index in [0.717, 1.165) is 0 Å². The highest BCUT2D eigenvalue weighted by Crippen LogP contribution is 1.91. The number of alkyl carbamates (subject to hydrolysis) is 1. The first-order valence-electron chi connectivity index (χ1n) is 3.33. The zero-order chi connectivity index (χ0) is 9.56. The van der Waals surface area contributed by atoms with E-state index in [4.69, 9.17) is 11.6 Å². The van der Waals surface area contributed by atoms with Crippen LogP contribution < -0.4 is 5.32 Å². The highest BCUT2D eigenvalue weighted by atomic mass is 35.5. The Kier molecular flexibility index (Phi) is 5.19. The van der Waals surface area contributed by atoms with Crippen LogP contribution >= 0.6 is 11.6 Å². The summed E-state index contributed by atoms with van der Waals surface area (Å²) in [5.41, 5.74) is 0. The lowest BCUT2D eigenvalue weighted by Gasteiger charge is -2.12. The lowest BCUT2D eigenvalue weighted by atomic mass is 10.6. The van der Waals surface area contributed by atoms with Crippen LogP contribution in [0.1, 0.15) is 0 Å². The molecule has 0 spiro atoms. The van der Waals surface area contributed by atoms with Gasteiger partial charge in [0.25, 0.3) is 0 Å². The second-order valence-corrected chi connectivity index (χ2v) is 2.38. The molecule has 6 heteroatoms. The van der Waals surface area contributed by atoms with Gasteiger partial charge in [0.15, 0.2) is 0 Å². The molecule has 1 N–H and O–H groups in total. The van der Waals surface area contributed by atoms with Crippen LogP contribution in [0.4, 0.5) is 9.59 Å². The summed E-state index contributed by atoms with van der Waals surface area (Å²) in [6.07, 6.45) is -0.523. The van der Waals surface area contributed by atoms with Crippen molar-refractivity contribution < 1.29 is 14.3 Å². The number of ether oxygens (including phenoxy) is 1. The number of hydrogen-bond acceptors (Lipinski definition) is 3. The minimum atomic E-state index is -0.574. The van der Waals surface area contributed by atoms with Gasteiger partial charge in [-0.1, -0.05) is 0 Å². The van der Waals surface area contributed by atoms with Crippen LogP contribution in [0.5, 0.6) is 0 Å². The van der Waals surface area contributed by atoms with Crippen molar-refractivity contribution in [2.75, 3.05) is 27.2 Å². The minimum absolute atomic E-state index is 0.134. The van der Waals surface area contributed by atoms with Crippen LogP contribution in [0.25, 0.3) is 0 Å². The summed E-state index contributed by atoms with van der Waals surface area (Å²) >= 11 is 5.11. The number of carbonyl (C=O) groups excluding carboxylic acids is 2. The van der Waals surface area contributed by atoms with E-state index in [-0.39, 0.29) is 13.2 Å². The molecular formula is C6H11ClN2O3. The van der Waals surface area contributed by atoms with E-state index in [2.05, 4.69) is 10.1 Å². The summed E-state index contributed by atoms with van der Waals surface area (Å²) in [7, 11) is 2.97. The molecule has 0 radical (unpaired) electrons. The molecule has 0 aliphatic heterocycles. The number of nitrogens with one attached hydrogen (secondary N) is 1. The fraction of sp³-hybridized carbons (Fsp3) is 0.667. The van der Waals surface area contributed by atoms with Crippen LogP contribution in [0.15, 0.2) is 0 Å². The summed E-state index contributed by atoms with van der Waals surface area (Å²) in [5, 5.41) is 1.70. The van der Waals surface area contributed by atoms with Gasteiger partial charge < -0.3 is 15.0 Å². The molecular weight excluding hydrogens is 184 g/mol. The van der Waals surface area contributed by atoms with Gasteiger partial charge in [0.1, 0.15) is 6.61 Å². The highest BCUT2D eigenvalue weighted by molar-refractivity contribution is 6.62. The lowest BCUT2D eigenvalue weighted by molar-refractivity contribution is 0.139. The Morgan fingerprint density at radius 1 is 1.58 bits per heavy atom. The quantitative estimate of drug-likeness (QED) is 0.530. The number of likely N-dealkylation sites (N-methyl/N-ethyl adjacent to an activating group) is 1. The molecule has 0 aliphatic rings. The third-order valence-electron chi connectivity index (χ3n) is 1.16. The molecule has 0 heterocycles. The Morgan fingerprint density at radius 3 is 2.58 bits per heavy atom. The lowest BCUT2D eigenvalue weighted by Crippen LogP contribution is -2.28. The Balaban J connectivity index is 3.43. The van der Waals surface area contributed by atoms with Crippen molar-refractivity contribution >= 4 is 23.1 Å². The Morgan fingerprint density at radius 2 is 2.17 bits per heavy atom. The van der Waals surface area contributed by atoms with Gasteiger partial charge in [-0.25, -0.2) is 4.79 Å². The average Bonchev–Trinajstić information content (AvgIpc) is 2.03. The van der Waals surface area contributed by atoms with Crippen molar-refractivity contribution in [3.8, 4) is 0 Å². The Hall–Kier alpha value is -0.970. The zero-order valence-electron chi connectivity index (χ0n) is 6.96. The fourth-order valence-electron chi connectivity index (χ4n) is 0.435. The van der Waals surface area contributed by atoms with Gasteiger partial charge in [0.2, 0.25) is 0 Å².